The number of hydrogen-bond acceptors (Lipinski definition) is 0. The molecular formula is C4H14AlCl4Ti-. The van der Waals surface area contributed by atoms with Gasteiger partial charge in [0.1, 0.15) is 0 Å². The van der Waals surface area contributed by atoms with Crippen LogP contribution in [-0.2, 0) is 21.7 Å². The third kappa shape index (κ3) is 47.4. The first-order valence-electron chi connectivity index (χ1n) is 2.19. The van der Waals surface area contributed by atoms with E-state index in [9.17, 15) is 0 Å². The van der Waals surface area contributed by atoms with Crippen molar-refractivity contribution in [1.82, 2.24) is 0 Å². The standard InChI is InChI=1S/C2H5.C2H4.Al.4ClH.Ti.H/c2*1-2;;;;;;;/h1H2,2H3;1H,2H3;;4*1H;;/q;-1;;;;;;;. The summed E-state index contributed by atoms with van der Waals surface area (Å²) in [6.07, 6.45) is 0. The zero-order valence-corrected chi connectivity index (χ0v) is 12.4. The van der Waals surface area contributed by atoms with Crippen molar-refractivity contribution in [2.24, 2.45) is 0 Å². The molecule has 0 aromatic carbocycles. The molecule has 6 heteroatoms. The molecule has 0 rings (SSSR count). The monoisotopic (exact) mass is 277 g/mol. The van der Waals surface area contributed by atoms with Crippen LogP contribution < -0.4 is 0 Å². The van der Waals surface area contributed by atoms with E-state index in [1.807, 2.05) is 0 Å². The van der Waals surface area contributed by atoms with Crippen LogP contribution in [-0.4, -0.2) is 15.2 Å². The molecule has 0 unspecified atom stereocenters. The van der Waals surface area contributed by atoms with Crippen LogP contribution in [0.2, 0.25) is 5.28 Å². The first kappa shape index (κ1) is 39.3. The Morgan fingerprint density at radius 3 is 1.40 bits per heavy atom. The van der Waals surface area contributed by atoms with Crippen molar-refractivity contribution in [1.29, 1.82) is 0 Å². The van der Waals surface area contributed by atoms with Crippen molar-refractivity contribution >= 4 is 64.8 Å². The van der Waals surface area contributed by atoms with Gasteiger partial charge in [-0.2, -0.15) is 6.92 Å². The van der Waals surface area contributed by atoms with Gasteiger partial charge in [-0.05, 0) is 0 Å². The number of hydrogen-bond donors (Lipinski definition) is 0. The van der Waals surface area contributed by atoms with Crippen molar-refractivity contribution in [2.75, 3.05) is 0 Å². The molecule has 0 amide bonds. The van der Waals surface area contributed by atoms with Crippen LogP contribution in [0.3, 0.4) is 0 Å². The van der Waals surface area contributed by atoms with E-state index in [0.29, 0.717) is 15.2 Å². The molecule has 0 saturated carbocycles. The molecule has 0 saturated heterocycles. The van der Waals surface area contributed by atoms with Crippen molar-refractivity contribution in [2.45, 2.75) is 19.1 Å². The van der Waals surface area contributed by atoms with Gasteiger partial charge >= 0.3 is 0 Å². The van der Waals surface area contributed by atoms with Crippen LogP contribution in [0.1, 0.15) is 13.8 Å². The Morgan fingerprint density at radius 1 is 1.10 bits per heavy atom. The molecule has 0 aromatic rings. The fourth-order valence-electron chi connectivity index (χ4n) is 0.289. The predicted molar refractivity (Wildman–Crippen MR) is 56.6 cm³/mol. The Morgan fingerprint density at radius 2 is 1.40 bits per heavy atom. The summed E-state index contributed by atoms with van der Waals surface area (Å²) in [4.78, 5) is 0. The minimum Gasteiger partial charge on any atom is -0.366 e. The summed E-state index contributed by atoms with van der Waals surface area (Å²) in [6, 6.07) is 0. The molecule has 0 aliphatic carbocycles. The van der Waals surface area contributed by atoms with Gasteiger partial charge in [0.2, 0.25) is 0 Å². The molecule has 0 heterocycles. The summed E-state index contributed by atoms with van der Waals surface area (Å²) in [5.74, 6) is 0. The van der Waals surface area contributed by atoms with Crippen molar-refractivity contribution < 1.29 is 21.7 Å². The number of halogens is 4. The summed E-state index contributed by atoms with van der Waals surface area (Å²) in [7, 11) is 0. The molecule has 0 N–H and O–H groups in total. The number of rotatable bonds is 2. The van der Waals surface area contributed by atoms with E-state index in [1.54, 1.807) is 0 Å². The van der Waals surface area contributed by atoms with E-state index in [2.05, 4.69) is 19.1 Å². The fourth-order valence-corrected chi connectivity index (χ4v) is 0.866. The van der Waals surface area contributed by atoms with Gasteiger partial charge < -0.3 is 5.28 Å². The average molecular weight is 279 g/mol. The first-order chi connectivity index (χ1) is 2.41. The Labute approximate surface area is 110 Å². The van der Waals surface area contributed by atoms with Crippen LogP contribution in [0.4, 0.5) is 0 Å². The summed E-state index contributed by atoms with van der Waals surface area (Å²) < 4.78 is 0. The molecule has 0 nitrogen and oxygen atoms in total. The van der Waals surface area contributed by atoms with Gasteiger partial charge in [-0.1, -0.05) is 6.92 Å². The van der Waals surface area contributed by atoms with E-state index in [-0.39, 0.29) is 71.3 Å². The van der Waals surface area contributed by atoms with Crippen molar-refractivity contribution in [3.05, 3.63) is 5.28 Å². The van der Waals surface area contributed by atoms with E-state index < -0.39 is 0 Å². The Balaban J connectivity index is -0.00000000800. The van der Waals surface area contributed by atoms with Crippen LogP contribution in [0.25, 0.3) is 0 Å². The Hall–Kier alpha value is 2.41. The smallest absolute Gasteiger partial charge is 0.0458 e. The Bertz CT molecular complexity index is 24.7. The predicted octanol–water partition coefficient (Wildman–Crippen LogP) is 2.73. The van der Waals surface area contributed by atoms with Crippen LogP contribution in [0.15, 0.2) is 0 Å². The third-order valence-electron chi connectivity index (χ3n) is 0.577. The summed E-state index contributed by atoms with van der Waals surface area (Å²) in [5, 5.41) is 3.75. The molecule has 0 aliphatic rings. The molecule has 0 aromatic heterocycles. The maximum atomic E-state index is 2.32. The minimum absolute atomic E-state index is 0. The van der Waals surface area contributed by atoms with E-state index in [0.717, 1.165) is 0 Å². The van der Waals surface area contributed by atoms with E-state index in [4.69, 9.17) is 0 Å². The van der Waals surface area contributed by atoms with Gasteiger partial charge in [-0.15, -0.1) is 54.9 Å². The second-order valence-electron chi connectivity index (χ2n) is 1.20. The normalized spacial score (nSPS) is 3.80. The van der Waals surface area contributed by atoms with E-state index in [1.165, 1.54) is 5.28 Å². The molecule has 10 heavy (non-hydrogen) atoms. The van der Waals surface area contributed by atoms with Gasteiger partial charge in [-0.3, -0.25) is 0 Å². The molecular weight excluding hydrogens is 265 g/mol. The topological polar surface area (TPSA) is 0 Å². The van der Waals surface area contributed by atoms with Crippen LogP contribution in [0.5, 0.6) is 0 Å². The molecule has 0 bridgehead atoms. The quantitative estimate of drug-likeness (QED) is 0.538. The molecule has 0 fully saturated rings. The summed E-state index contributed by atoms with van der Waals surface area (Å²) in [6.45, 7) is 4.39. The van der Waals surface area contributed by atoms with Gasteiger partial charge in [0.15, 0.2) is 0 Å². The molecule has 0 spiro atoms. The van der Waals surface area contributed by atoms with Crippen LogP contribution >= 0.6 is 49.6 Å². The molecule has 66 valence electrons. The molecule has 0 atom stereocenters. The van der Waals surface area contributed by atoms with Gasteiger partial charge in [0.05, 0.1) is 0 Å². The van der Waals surface area contributed by atoms with E-state index >= 15 is 0 Å². The zero-order valence-electron chi connectivity index (χ0n) is 6.12. The van der Waals surface area contributed by atoms with Gasteiger partial charge in [0.25, 0.3) is 0 Å². The largest absolute Gasteiger partial charge is 0.366 e. The maximum absolute atomic E-state index is 2.32. The van der Waals surface area contributed by atoms with Crippen molar-refractivity contribution in [3.8, 4) is 0 Å². The summed E-state index contributed by atoms with van der Waals surface area (Å²) >= 11 is 0.307. The maximum Gasteiger partial charge on any atom is 0.0458 e. The van der Waals surface area contributed by atoms with Crippen molar-refractivity contribution in [3.63, 3.8) is 0 Å². The minimum atomic E-state index is 0. The van der Waals surface area contributed by atoms with Gasteiger partial charge in [0, 0.05) is 36.9 Å². The van der Waals surface area contributed by atoms with Gasteiger partial charge in [-0.25, -0.2) is 0 Å². The molecule has 0 aliphatic heterocycles. The Kier molecular flexibility index (Phi) is 166. The molecule has 0 radical (unpaired) electrons. The SMILES string of the molecule is C[CH-][AlH][CH2]C.Cl.Cl.Cl.Cl.[Ti]. The van der Waals surface area contributed by atoms with Crippen LogP contribution in [0, 0.1) is 5.28 Å². The zero-order chi connectivity index (χ0) is 4.12. The second kappa shape index (κ2) is 42.3. The first-order valence-corrected chi connectivity index (χ1v) is 4.01. The second-order valence-corrected chi connectivity index (χ2v) is 3.59. The summed E-state index contributed by atoms with van der Waals surface area (Å²) in [5.41, 5.74) is 0. The average Bonchev–Trinajstić information content (AvgIpc) is 1.41. The third-order valence-corrected chi connectivity index (χ3v) is 1.73. The fraction of sp³-hybridized carbons (Fsp3) is 0.750.